The van der Waals surface area contributed by atoms with E-state index in [1.165, 1.54) is 6.07 Å². The number of allylic oxidation sites excluding steroid dienone is 2. The molecule has 3 atom stereocenters. The van der Waals surface area contributed by atoms with Gasteiger partial charge < -0.3 is 14.6 Å². The minimum Gasteiger partial charge on any atom is -0.507 e. The van der Waals surface area contributed by atoms with Crippen molar-refractivity contribution < 1.29 is 24.2 Å². The topological polar surface area (TPSA) is 72.8 Å². The van der Waals surface area contributed by atoms with Crippen LogP contribution in [0.15, 0.2) is 43.5 Å². The van der Waals surface area contributed by atoms with Crippen LogP contribution in [0.5, 0.6) is 5.75 Å². The zero-order chi connectivity index (χ0) is 17.7. The van der Waals surface area contributed by atoms with Gasteiger partial charge in [0.1, 0.15) is 17.4 Å². The maximum Gasteiger partial charge on any atom is 0.347 e. The van der Waals surface area contributed by atoms with Gasteiger partial charge in [0.15, 0.2) is 0 Å². The SMILES string of the molecule is C=CCc1cccc(O)c1C(=O)O[C@H]1C[C@@H]([C@H](C)CC=C)OC1=O. The molecule has 1 aliphatic rings. The summed E-state index contributed by atoms with van der Waals surface area (Å²) in [7, 11) is 0. The molecule has 5 nitrogen and oxygen atoms in total. The molecule has 1 aliphatic heterocycles. The molecule has 2 rings (SSSR count). The summed E-state index contributed by atoms with van der Waals surface area (Å²) in [4.78, 5) is 24.4. The van der Waals surface area contributed by atoms with Gasteiger partial charge in [0.05, 0.1) is 0 Å². The lowest BCUT2D eigenvalue weighted by Crippen LogP contribution is -2.23. The fourth-order valence-electron chi connectivity index (χ4n) is 2.78. The van der Waals surface area contributed by atoms with Gasteiger partial charge in [-0.15, -0.1) is 13.2 Å². The molecule has 0 saturated carbocycles. The van der Waals surface area contributed by atoms with Crippen LogP contribution in [0.25, 0.3) is 0 Å². The van der Waals surface area contributed by atoms with Gasteiger partial charge >= 0.3 is 11.9 Å². The first-order valence-corrected chi connectivity index (χ1v) is 7.92. The average molecular weight is 330 g/mol. The molecular weight excluding hydrogens is 308 g/mol. The zero-order valence-electron chi connectivity index (χ0n) is 13.7. The van der Waals surface area contributed by atoms with Crippen LogP contribution >= 0.6 is 0 Å². The number of rotatable bonds is 7. The third kappa shape index (κ3) is 3.85. The third-order valence-corrected chi connectivity index (χ3v) is 4.10. The molecule has 0 unspecified atom stereocenters. The maximum atomic E-state index is 12.4. The van der Waals surface area contributed by atoms with E-state index in [0.717, 1.165) is 0 Å². The van der Waals surface area contributed by atoms with Gasteiger partial charge in [-0.2, -0.15) is 0 Å². The zero-order valence-corrected chi connectivity index (χ0v) is 13.7. The van der Waals surface area contributed by atoms with Crippen molar-refractivity contribution in [1.82, 2.24) is 0 Å². The highest BCUT2D eigenvalue weighted by Crippen LogP contribution is 2.29. The van der Waals surface area contributed by atoms with E-state index in [1.807, 2.05) is 6.92 Å². The molecule has 5 heteroatoms. The van der Waals surface area contributed by atoms with Crippen LogP contribution in [0.1, 0.15) is 35.7 Å². The van der Waals surface area contributed by atoms with E-state index in [0.29, 0.717) is 24.8 Å². The predicted octanol–water partition coefficient (Wildman–Crippen LogP) is 3.17. The number of ether oxygens (including phenoxy) is 2. The van der Waals surface area contributed by atoms with E-state index in [4.69, 9.17) is 9.47 Å². The van der Waals surface area contributed by atoms with Crippen LogP contribution < -0.4 is 0 Å². The van der Waals surface area contributed by atoms with Crippen molar-refractivity contribution >= 4 is 11.9 Å². The normalized spacial score (nSPS) is 21.0. The lowest BCUT2D eigenvalue weighted by molar-refractivity contribution is -0.148. The van der Waals surface area contributed by atoms with Crippen molar-refractivity contribution in [2.45, 2.75) is 38.4 Å². The number of hydrogen-bond donors (Lipinski definition) is 1. The lowest BCUT2D eigenvalue weighted by atomic mass is 9.98. The number of hydrogen-bond acceptors (Lipinski definition) is 5. The van der Waals surface area contributed by atoms with Crippen LogP contribution in [-0.4, -0.2) is 29.3 Å². The van der Waals surface area contributed by atoms with Crippen molar-refractivity contribution in [2.24, 2.45) is 5.92 Å². The summed E-state index contributed by atoms with van der Waals surface area (Å²) in [5.41, 5.74) is 0.658. The monoisotopic (exact) mass is 330 g/mol. The number of phenols is 1. The summed E-state index contributed by atoms with van der Waals surface area (Å²) in [6.45, 7) is 9.26. The highest BCUT2D eigenvalue weighted by atomic mass is 16.6. The number of benzene rings is 1. The molecule has 1 heterocycles. The Hall–Kier alpha value is -2.56. The van der Waals surface area contributed by atoms with Crippen molar-refractivity contribution in [3.8, 4) is 5.75 Å². The number of carbonyl (C=O) groups excluding carboxylic acids is 2. The second-order valence-corrected chi connectivity index (χ2v) is 5.91. The minimum atomic E-state index is -0.953. The van der Waals surface area contributed by atoms with E-state index in [1.54, 1.807) is 24.3 Å². The van der Waals surface area contributed by atoms with Crippen LogP contribution in [0.3, 0.4) is 0 Å². The fourth-order valence-corrected chi connectivity index (χ4v) is 2.78. The Kier molecular flexibility index (Phi) is 5.79. The lowest BCUT2D eigenvalue weighted by Gasteiger charge is -2.15. The number of aromatic hydroxyl groups is 1. The Morgan fingerprint density at radius 1 is 1.46 bits per heavy atom. The standard InChI is InChI=1S/C19H22O5/c1-4-7-12(3)15-11-16(18(21)23-15)24-19(22)17-13(8-5-2)9-6-10-14(17)20/h4-6,9-10,12,15-16,20H,1-2,7-8,11H2,3H3/t12-,15+,16+/m1/s1. The fraction of sp³-hybridized carbons (Fsp3) is 0.368. The number of esters is 2. The second kappa shape index (κ2) is 7.81. The number of cyclic esters (lactones) is 1. The summed E-state index contributed by atoms with van der Waals surface area (Å²) < 4.78 is 10.6. The first kappa shape index (κ1) is 17.8. The van der Waals surface area contributed by atoms with Crippen LogP contribution in [0.4, 0.5) is 0 Å². The quantitative estimate of drug-likeness (QED) is 0.614. The van der Waals surface area contributed by atoms with Crippen LogP contribution in [-0.2, 0) is 20.7 Å². The summed E-state index contributed by atoms with van der Waals surface area (Å²) in [6.07, 6.45) is 3.57. The van der Waals surface area contributed by atoms with Gasteiger partial charge in [0.2, 0.25) is 6.10 Å². The molecule has 0 spiro atoms. The molecule has 24 heavy (non-hydrogen) atoms. The Balaban J connectivity index is 2.12. The van der Waals surface area contributed by atoms with Gasteiger partial charge in [-0.3, -0.25) is 0 Å². The third-order valence-electron chi connectivity index (χ3n) is 4.10. The Bertz CT molecular complexity index is 649. The van der Waals surface area contributed by atoms with Crippen LogP contribution in [0, 0.1) is 5.92 Å². The summed E-state index contributed by atoms with van der Waals surface area (Å²) >= 11 is 0. The van der Waals surface area contributed by atoms with Gasteiger partial charge in [-0.1, -0.05) is 31.2 Å². The highest BCUT2D eigenvalue weighted by molar-refractivity contribution is 5.95. The molecule has 128 valence electrons. The molecule has 0 bridgehead atoms. The molecule has 1 N–H and O–H groups in total. The van der Waals surface area contributed by atoms with E-state index >= 15 is 0 Å². The number of phenolic OH excluding ortho intramolecular Hbond substituents is 1. The number of carbonyl (C=O) groups is 2. The van der Waals surface area contributed by atoms with E-state index < -0.39 is 18.0 Å². The summed E-state index contributed by atoms with van der Waals surface area (Å²) in [6, 6.07) is 4.76. The largest absolute Gasteiger partial charge is 0.507 e. The maximum absolute atomic E-state index is 12.4. The Labute approximate surface area is 141 Å². The molecule has 0 amide bonds. The van der Waals surface area contributed by atoms with Gasteiger partial charge in [0, 0.05) is 6.42 Å². The molecule has 1 aromatic rings. The van der Waals surface area contributed by atoms with Gasteiger partial charge in [0.25, 0.3) is 0 Å². The van der Waals surface area contributed by atoms with Gasteiger partial charge in [-0.05, 0) is 30.4 Å². The van der Waals surface area contributed by atoms with Crippen LogP contribution in [0.2, 0.25) is 0 Å². The van der Waals surface area contributed by atoms with E-state index in [9.17, 15) is 14.7 Å². The van der Waals surface area contributed by atoms with Crippen molar-refractivity contribution in [3.63, 3.8) is 0 Å². The molecule has 1 saturated heterocycles. The molecule has 0 aliphatic carbocycles. The van der Waals surface area contributed by atoms with E-state index in [2.05, 4.69) is 13.2 Å². The average Bonchev–Trinajstić information content (AvgIpc) is 2.89. The minimum absolute atomic E-state index is 0.0628. The molecule has 1 aromatic carbocycles. The second-order valence-electron chi connectivity index (χ2n) is 5.91. The molecular formula is C19H22O5. The highest BCUT2D eigenvalue weighted by Gasteiger charge is 2.40. The molecule has 0 aromatic heterocycles. The van der Waals surface area contributed by atoms with Crippen molar-refractivity contribution in [3.05, 3.63) is 54.6 Å². The Morgan fingerprint density at radius 3 is 2.88 bits per heavy atom. The van der Waals surface area contributed by atoms with Crippen molar-refractivity contribution in [1.29, 1.82) is 0 Å². The smallest absolute Gasteiger partial charge is 0.347 e. The first-order chi connectivity index (χ1) is 11.5. The first-order valence-electron chi connectivity index (χ1n) is 7.92. The van der Waals surface area contributed by atoms with Gasteiger partial charge in [-0.25, -0.2) is 9.59 Å². The Morgan fingerprint density at radius 2 is 2.21 bits per heavy atom. The molecule has 1 fully saturated rings. The molecule has 0 radical (unpaired) electrons. The van der Waals surface area contributed by atoms with E-state index in [-0.39, 0.29) is 23.3 Å². The predicted molar refractivity (Wildman–Crippen MR) is 89.7 cm³/mol. The van der Waals surface area contributed by atoms with Crippen molar-refractivity contribution in [2.75, 3.05) is 0 Å². The summed E-state index contributed by atoms with van der Waals surface area (Å²) in [5, 5.41) is 9.98. The summed E-state index contributed by atoms with van der Waals surface area (Å²) in [5.74, 6) is -1.35.